The molecule has 1 aromatic rings. The predicted molar refractivity (Wildman–Crippen MR) is 104 cm³/mol. The summed E-state index contributed by atoms with van der Waals surface area (Å²) in [5.41, 5.74) is 1.35. The first kappa shape index (κ1) is 20.0. The number of halogens is 1. The van der Waals surface area contributed by atoms with Crippen molar-refractivity contribution in [2.24, 2.45) is 4.99 Å². The molecule has 0 aromatic heterocycles. The molecule has 1 unspecified atom stereocenters. The maximum absolute atomic E-state index is 4.34. The molecule has 118 valence electrons. The van der Waals surface area contributed by atoms with Crippen molar-refractivity contribution in [2.45, 2.75) is 25.7 Å². The molecule has 1 rings (SSSR count). The summed E-state index contributed by atoms with van der Waals surface area (Å²) in [6, 6.07) is 10.6. The van der Waals surface area contributed by atoms with Crippen LogP contribution in [-0.4, -0.2) is 38.0 Å². The number of nitrogens with one attached hydrogen (secondary N) is 1. The smallest absolute Gasteiger partial charge is 0.193 e. The first-order valence-corrected chi connectivity index (χ1v) is 7.26. The number of guanidine groups is 1. The number of nitrogens with zero attached hydrogens (tertiary/aromatic N) is 2. The lowest BCUT2D eigenvalue weighted by atomic mass is 10.0. The minimum Gasteiger partial charge on any atom is -0.356 e. The molecule has 3 nitrogen and oxygen atoms in total. The zero-order valence-electron chi connectivity index (χ0n) is 13.4. The third-order valence-corrected chi connectivity index (χ3v) is 3.41. The van der Waals surface area contributed by atoms with Crippen LogP contribution in [-0.2, 0) is 0 Å². The van der Waals surface area contributed by atoms with Gasteiger partial charge in [-0.1, -0.05) is 43.3 Å². The van der Waals surface area contributed by atoms with Gasteiger partial charge in [0.05, 0.1) is 0 Å². The van der Waals surface area contributed by atoms with Crippen molar-refractivity contribution in [3.8, 4) is 0 Å². The fraction of sp³-hybridized carbons (Fsp3) is 0.471. The van der Waals surface area contributed by atoms with Crippen molar-refractivity contribution in [3.05, 3.63) is 48.6 Å². The highest BCUT2D eigenvalue weighted by Crippen LogP contribution is 2.13. The Bertz CT molecular complexity index is 417. The van der Waals surface area contributed by atoms with Crippen LogP contribution in [0.5, 0.6) is 0 Å². The number of unbranched alkanes of at least 4 members (excludes halogenated alkanes) is 1. The lowest BCUT2D eigenvalue weighted by molar-refractivity contribution is 0.467. The highest BCUT2D eigenvalue weighted by atomic mass is 127. The minimum atomic E-state index is 0. The first-order chi connectivity index (χ1) is 9.69. The molecular formula is C17H28IN3. The van der Waals surface area contributed by atoms with Gasteiger partial charge in [-0.15, -0.1) is 30.6 Å². The van der Waals surface area contributed by atoms with E-state index in [1.165, 1.54) is 5.56 Å². The van der Waals surface area contributed by atoms with Gasteiger partial charge in [0.1, 0.15) is 0 Å². The van der Waals surface area contributed by atoms with Gasteiger partial charge in [-0.3, -0.25) is 4.99 Å². The van der Waals surface area contributed by atoms with E-state index in [4.69, 9.17) is 0 Å². The van der Waals surface area contributed by atoms with Crippen LogP contribution in [0.15, 0.2) is 48.0 Å². The molecule has 1 atom stereocenters. The summed E-state index contributed by atoms with van der Waals surface area (Å²) in [6.07, 6.45) is 4.11. The predicted octanol–water partition coefficient (Wildman–Crippen LogP) is 3.88. The number of hydrogen-bond acceptors (Lipinski definition) is 1. The van der Waals surface area contributed by atoms with Crippen LogP contribution in [0.25, 0.3) is 0 Å². The van der Waals surface area contributed by atoms with Gasteiger partial charge in [-0.2, -0.15) is 0 Å². The summed E-state index contributed by atoms with van der Waals surface area (Å²) in [5.74, 6) is 1.42. The Balaban J connectivity index is 0.00000400. The van der Waals surface area contributed by atoms with E-state index in [-0.39, 0.29) is 24.0 Å². The van der Waals surface area contributed by atoms with Crippen LogP contribution in [0.2, 0.25) is 0 Å². The van der Waals surface area contributed by atoms with Gasteiger partial charge in [0.2, 0.25) is 0 Å². The number of rotatable bonds is 7. The quantitative estimate of drug-likeness (QED) is 0.247. The third kappa shape index (κ3) is 7.50. The van der Waals surface area contributed by atoms with E-state index in [9.17, 15) is 0 Å². The molecule has 0 spiro atoms. The Kier molecular flexibility index (Phi) is 11.0. The number of aliphatic imine (C=N–C) groups is 1. The lowest BCUT2D eigenvalue weighted by Crippen LogP contribution is -2.40. The van der Waals surface area contributed by atoms with Gasteiger partial charge < -0.3 is 10.2 Å². The van der Waals surface area contributed by atoms with Crippen LogP contribution >= 0.6 is 24.0 Å². The summed E-state index contributed by atoms with van der Waals surface area (Å²) in [7, 11) is 3.91. The van der Waals surface area contributed by atoms with Crippen LogP contribution < -0.4 is 5.32 Å². The van der Waals surface area contributed by atoms with E-state index < -0.39 is 0 Å². The van der Waals surface area contributed by atoms with Crippen LogP contribution in [0.3, 0.4) is 0 Å². The molecule has 0 saturated carbocycles. The SMILES string of the molecule is C=CCCCN(C)C(=NC)NCC(C)c1ccccc1.I. The van der Waals surface area contributed by atoms with Gasteiger partial charge in [0.25, 0.3) is 0 Å². The van der Waals surface area contributed by atoms with Gasteiger partial charge in [0.15, 0.2) is 5.96 Å². The number of hydrogen-bond donors (Lipinski definition) is 1. The second-order valence-electron chi connectivity index (χ2n) is 5.09. The molecule has 0 aliphatic carbocycles. The van der Waals surface area contributed by atoms with Crippen molar-refractivity contribution < 1.29 is 0 Å². The molecule has 0 amide bonds. The zero-order chi connectivity index (χ0) is 14.8. The van der Waals surface area contributed by atoms with Crippen molar-refractivity contribution in [1.29, 1.82) is 0 Å². The molecule has 0 bridgehead atoms. The molecule has 1 N–H and O–H groups in total. The Morgan fingerprint density at radius 1 is 1.38 bits per heavy atom. The monoisotopic (exact) mass is 401 g/mol. The molecule has 0 heterocycles. The van der Waals surface area contributed by atoms with Crippen molar-refractivity contribution >= 4 is 29.9 Å². The molecule has 21 heavy (non-hydrogen) atoms. The normalized spacial score (nSPS) is 12.2. The minimum absolute atomic E-state index is 0. The maximum Gasteiger partial charge on any atom is 0.193 e. The molecule has 0 saturated heterocycles. The molecule has 1 aromatic carbocycles. The van der Waals surface area contributed by atoms with Crippen LogP contribution in [0.4, 0.5) is 0 Å². The summed E-state index contributed by atoms with van der Waals surface area (Å²) in [4.78, 5) is 6.51. The molecule has 0 aliphatic heterocycles. The Morgan fingerprint density at radius 3 is 2.62 bits per heavy atom. The summed E-state index contributed by atoms with van der Waals surface area (Å²) in [5, 5.41) is 3.44. The number of allylic oxidation sites excluding steroid dienone is 1. The Labute approximate surface area is 146 Å². The van der Waals surface area contributed by atoms with Crippen molar-refractivity contribution in [1.82, 2.24) is 10.2 Å². The van der Waals surface area contributed by atoms with Gasteiger partial charge in [-0.25, -0.2) is 0 Å². The summed E-state index contributed by atoms with van der Waals surface area (Å²) in [6.45, 7) is 7.86. The lowest BCUT2D eigenvalue weighted by Gasteiger charge is -2.23. The molecule has 0 radical (unpaired) electrons. The van der Waals surface area contributed by atoms with E-state index in [1.54, 1.807) is 0 Å². The second kappa shape index (κ2) is 11.6. The maximum atomic E-state index is 4.34. The fourth-order valence-corrected chi connectivity index (χ4v) is 2.11. The number of benzene rings is 1. The average molecular weight is 401 g/mol. The topological polar surface area (TPSA) is 27.6 Å². The summed E-state index contributed by atoms with van der Waals surface area (Å²) < 4.78 is 0. The first-order valence-electron chi connectivity index (χ1n) is 7.26. The Morgan fingerprint density at radius 2 is 2.05 bits per heavy atom. The molecule has 4 heteroatoms. The van der Waals surface area contributed by atoms with Crippen LogP contribution in [0, 0.1) is 0 Å². The standard InChI is InChI=1S/C17H27N3.HI/c1-5-6-10-13-20(4)17(18-3)19-14-15(2)16-11-8-7-9-12-16;/h5,7-9,11-12,15H,1,6,10,13-14H2,2-4H3,(H,18,19);1H. The zero-order valence-corrected chi connectivity index (χ0v) is 15.7. The van der Waals surface area contributed by atoms with E-state index >= 15 is 0 Å². The highest BCUT2D eigenvalue weighted by molar-refractivity contribution is 14.0. The molecule has 0 aliphatic rings. The Hall–Kier alpha value is -1.04. The van der Waals surface area contributed by atoms with E-state index in [1.807, 2.05) is 13.1 Å². The average Bonchev–Trinajstić information content (AvgIpc) is 2.49. The highest BCUT2D eigenvalue weighted by Gasteiger charge is 2.08. The van der Waals surface area contributed by atoms with Gasteiger partial charge >= 0.3 is 0 Å². The summed E-state index contributed by atoms with van der Waals surface area (Å²) >= 11 is 0. The second-order valence-corrected chi connectivity index (χ2v) is 5.09. The van der Waals surface area contributed by atoms with E-state index in [0.717, 1.165) is 31.9 Å². The van der Waals surface area contributed by atoms with Gasteiger partial charge in [0, 0.05) is 27.2 Å². The van der Waals surface area contributed by atoms with Crippen molar-refractivity contribution in [2.75, 3.05) is 27.2 Å². The largest absolute Gasteiger partial charge is 0.356 e. The fourth-order valence-electron chi connectivity index (χ4n) is 2.11. The third-order valence-electron chi connectivity index (χ3n) is 3.41. The van der Waals surface area contributed by atoms with E-state index in [2.05, 4.69) is 66.1 Å². The molecular weight excluding hydrogens is 373 g/mol. The van der Waals surface area contributed by atoms with Gasteiger partial charge in [-0.05, 0) is 24.3 Å². The van der Waals surface area contributed by atoms with Crippen LogP contribution in [0.1, 0.15) is 31.2 Å². The molecule has 0 fully saturated rings. The van der Waals surface area contributed by atoms with E-state index in [0.29, 0.717) is 5.92 Å². The van der Waals surface area contributed by atoms with Crippen molar-refractivity contribution in [3.63, 3.8) is 0 Å².